The largest absolute Gasteiger partial charge is 0.493 e. The summed E-state index contributed by atoms with van der Waals surface area (Å²) in [7, 11) is -1.59. The van der Waals surface area contributed by atoms with Gasteiger partial charge in [0.15, 0.2) is 0 Å². The number of aromatic nitrogens is 4. The molecule has 7 heteroatoms. The highest BCUT2D eigenvalue weighted by atomic mass is 28.3. The third-order valence-corrected chi connectivity index (χ3v) is 6.91. The van der Waals surface area contributed by atoms with E-state index in [1.54, 1.807) is 18.6 Å². The first-order valence-corrected chi connectivity index (χ1v) is 15.0. The van der Waals surface area contributed by atoms with Crippen molar-refractivity contribution in [2.24, 2.45) is 0 Å². The van der Waals surface area contributed by atoms with Crippen molar-refractivity contribution < 1.29 is 9.13 Å². The van der Waals surface area contributed by atoms with Gasteiger partial charge in [0.25, 0.3) is 0 Å². The Kier molecular flexibility index (Phi) is 5.70. The fourth-order valence-electron chi connectivity index (χ4n) is 4.38. The summed E-state index contributed by atoms with van der Waals surface area (Å²) in [6.07, 6.45) is 7.32. The first kappa shape index (κ1) is 22.3. The molecule has 0 saturated heterocycles. The van der Waals surface area contributed by atoms with Crippen molar-refractivity contribution in [3.8, 4) is 28.3 Å². The monoisotopic (exact) mass is 470 g/mol. The molecule has 0 fully saturated rings. The molecule has 3 aromatic heterocycles. The Morgan fingerprint density at radius 1 is 1.09 bits per heavy atom. The molecule has 5 nitrogen and oxygen atoms in total. The minimum atomic E-state index is -1.59. The first-order chi connectivity index (χ1) is 16.3. The van der Waals surface area contributed by atoms with E-state index in [2.05, 4.69) is 41.1 Å². The van der Waals surface area contributed by atoms with Crippen molar-refractivity contribution >= 4 is 13.6 Å². The number of nitrogens with zero attached hydrogens (tertiary/aromatic N) is 4. The quantitative estimate of drug-likeness (QED) is 0.304. The second kappa shape index (κ2) is 8.69. The normalized spacial score (nSPS) is 12.9. The minimum absolute atomic E-state index is 0.185. The maximum Gasteiger partial charge on any atom is 0.139 e. The number of pyridine rings is 1. The maximum absolute atomic E-state index is 14.7. The summed E-state index contributed by atoms with van der Waals surface area (Å²) in [5.74, 6) is 4.77. The third kappa shape index (κ3) is 4.21. The van der Waals surface area contributed by atoms with Gasteiger partial charge in [0.2, 0.25) is 0 Å². The zero-order chi connectivity index (χ0) is 23.9. The van der Waals surface area contributed by atoms with Crippen molar-refractivity contribution in [1.82, 2.24) is 19.4 Å². The number of aryl methyl sites for hydroxylation is 2. The molecular weight excluding hydrogens is 443 g/mol. The van der Waals surface area contributed by atoms with E-state index in [0.717, 1.165) is 57.2 Å². The molecule has 0 unspecified atom stereocenters. The third-order valence-electron chi connectivity index (χ3n) is 6.04. The number of rotatable bonds is 4. The van der Waals surface area contributed by atoms with Gasteiger partial charge in [0.05, 0.1) is 12.1 Å². The second-order valence-electron chi connectivity index (χ2n) is 9.64. The number of fused-ring (bicyclic) bond motifs is 2. The van der Waals surface area contributed by atoms with Crippen LogP contribution in [0.1, 0.15) is 28.3 Å². The van der Waals surface area contributed by atoms with E-state index in [9.17, 15) is 4.39 Å². The molecule has 0 spiro atoms. The topological polar surface area (TPSA) is 52.3 Å². The zero-order valence-corrected chi connectivity index (χ0v) is 20.9. The Balaban J connectivity index is 1.60. The lowest BCUT2D eigenvalue weighted by Gasteiger charge is -2.12. The van der Waals surface area contributed by atoms with Crippen LogP contribution in [0, 0.1) is 24.2 Å². The lowest BCUT2D eigenvalue weighted by atomic mass is 9.99. The molecule has 4 heterocycles. The van der Waals surface area contributed by atoms with Crippen molar-refractivity contribution in [2.45, 2.75) is 45.8 Å². The predicted molar refractivity (Wildman–Crippen MR) is 134 cm³/mol. The van der Waals surface area contributed by atoms with Crippen LogP contribution in [0.2, 0.25) is 19.6 Å². The molecule has 0 saturated carbocycles. The molecule has 5 rings (SSSR count). The van der Waals surface area contributed by atoms with Crippen LogP contribution in [0.15, 0.2) is 43.0 Å². The van der Waals surface area contributed by atoms with Gasteiger partial charge in [-0.15, -0.1) is 5.54 Å². The van der Waals surface area contributed by atoms with Crippen LogP contribution in [0.5, 0.6) is 5.75 Å². The highest BCUT2D eigenvalue weighted by Gasteiger charge is 2.21. The summed E-state index contributed by atoms with van der Waals surface area (Å²) < 4.78 is 22.3. The molecule has 34 heavy (non-hydrogen) atoms. The molecule has 4 aromatic rings. The number of ether oxygens (including phenoxy) is 1. The predicted octanol–water partition coefficient (Wildman–Crippen LogP) is 5.19. The molecule has 0 radical (unpaired) electrons. The van der Waals surface area contributed by atoms with Gasteiger partial charge in [-0.1, -0.05) is 31.6 Å². The lowest BCUT2D eigenvalue weighted by molar-refractivity contribution is 0.356. The zero-order valence-electron chi connectivity index (χ0n) is 19.9. The van der Waals surface area contributed by atoms with E-state index < -0.39 is 8.07 Å². The molecule has 0 atom stereocenters. The Morgan fingerprint density at radius 3 is 2.74 bits per heavy atom. The number of imidazole rings is 1. The van der Waals surface area contributed by atoms with Gasteiger partial charge < -0.3 is 4.74 Å². The summed E-state index contributed by atoms with van der Waals surface area (Å²) in [6, 6.07) is 7.20. The number of hydrogen-bond acceptors (Lipinski definition) is 4. The molecule has 172 valence electrons. The lowest BCUT2D eigenvalue weighted by Crippen LogP contribution is -2.16. The van der Waals surface area contributed by atoms with Crippen molar-refractivity contribution in [2.75, 3.05) is 6.61 Å². The van der Waals surface area contributed by atoms with Gasteiger partial charge in [0, 0.05) is 47.6 Å². The summed E-state index contributed by atoms with van der Waals surface area (Å²) in [6.45, 7) is 9.24. The van der Waals surface area contributed by atoms with E-state index in [1.165, 1.54) is 6.07 Å². The van der Waals surface area contributed by atoms with E-state index in [1.807, 2.05) is 29.7 Å². The van der Waals surface area contributed by atoms with Crippen LogP contribution in [-0.2, 0) is 19.3 Å². The average molecular weight is 471 g/mol. The van der Waals surface area contributed by atoms with E-state index >= 15 is 0 Å². The van der Waals surface area contributed by atoms with E-state index in [0.29, 0.717) is 19.4 Å². The second-order valence-corrected chi connectivity index (χ2v) is 14.4. The Hall–Kier alpha value is -3.50. The summed E-state index contributed by atoms with van der Waals surface area (Å²) in [5.41, 5.74) is 9.68. The van der Waals surface area contributed by atoms with E-state index in [-0.39, 0.29) is 5.82 Å². The first-order valence-electron chi connectivity index (χ1n) is 11.5. The van der Waals surface area contributed by atoms with Crippen LogP contribution in [0.3, 0.4) is 0 Å². The van der Waals surface area contributed by atoms with Gasteiger partial charge in [-0.2, -0.15) is 0 Å². The van der Waals surface area contributed by atoms with Crippen LogP contribution in [0.25, 0.3) is 16.6 Å². The SMILES string of the molecule is Cc1ncccc1-c1cnc(CCc2c(F)ccc3c2CCO3)n2cnc(C#C[Si](C)(C)C)c12. The van der Waals surface area contributed by atoms with Gasteiger partial charge in [-0.3, -0.25) is 9.38 Å². The standard InChI is InChI=1S/C27H27FN4OSi/c1-18-19(6-5-13-29-18)22-16-30-26(32-17-31-24(27(22)32)12-15-34(2,3)4)10-7-20-21-11-14-33-25(21)9-8-23(20)28/h5-6,8-9,13,16-17H,7,10-11,14H2,1-4H3. The van der Waals surface area contributed by atoms with Gasteiger partial charge >= 0.3 is 0 Å². The summed E-state index contributed by atoms with van der Waals surface area (Å²) in [5, 5.41) is 0. The number of benzene rings is 1. The van der Waals surface area contributed by atoms with Crippen LogP contribution < -0.4 is 4.74 Å². The average Bonchev–Trinajstić information content (AvgIpc) is 3.44. The van der Waals surface area contributed by atoms with Crippen LogP contribution in [-0.4, -0.2) is 34.0 Å². The number of hydrogen-bond donors (Lipinski definition) is 0. The smallest absolute Gasteiger partial charge is 0.139 e. The Bertz CT molecular complexity index is 1460. The summed E-state index contributed by atoms with van der Waals surface area (Å²) in [4.78, 5) is 13.9. The Labute approximate surface area is 200 Å². The van der Waals surface area contributed by atoms with Gasteiger partial charge in [-0.05, 0) is 37.1 Å². The minimum Gasteiger partial charge on any atom is -0.493 e. The Morgan fingerprint density at radius 2 is 1.94 bits per heavy atom. The fourth-order valence-corrected chi connectivity index (χ4v) is 4.87. The fraction of sp³-hybridized carbons (Fsp3) is 0.296. The molecule has 0 N–H and O–H groups in total. The summed E-state index contributed by atoms with van der Waals surface area (Å²) >= 11 is 0. The highest BCUT2D eigenvalue weighted by molar-refractivity contribution is 6.83. The molecule has 1 aromatic carbocycles. The highest BCUT2D eigenvalue weighted by Crippen LogP contribution is 2.32. The van der Waals surface area contributed by atoms with Crippen molar-refractivity contribution in [3.63, 3.8) is 0 Å². The van der Waals surface area contributed by atoms with Crippen LogP contribution in [0.4, 0.5) is 4.39 Å². The molecule has 1 aliphatic rings. The van der Waals surface area contributed by atoms with Crippen molar-refractivity contribution in [3.05, 3.63) is 77.1 Å². The number of halogens is 1. The molecule has 0 aliphatic carbocycles. The molecular formula is C27H27FN4OSi. The molecule has 0 bridgehead atoms. The van der Waals surface area contributed by atoms with Crippen LogP contribution >= 0.6 is 0 Å². The van der Waals surface area contributed by atoms with Gasteiger partial charge in [-0.25, -0.2) is 14.4 Å². The molecule has 0 amide bonds. The van der Waals surface area contributed by atoms with Crippen molar-refractivity contribution in [1.29, 1.82) is 0 Å². The molecule has 1 aliphatic heterocycles. The maximum atomic E-state index is 14.7. The van der Waals surface area contributed by atoms with E-state index in [4.69, 9.17) is 9.72 Å². The van der Waals surface area contributed by atoms with Gasteiger partial charge in [0.1, 0.15) is 37.5 Å².